The number of rotatable bonds is 5. The van der Waals surface area contributed by atoms with Crippen LogP contribution in [0.15, 0.2) is 59.5 Å². The number of nitro groups is 1. The highest BCUT2D eigenvalue weighted by Crippen LogP contribution is 2.23. The maximum Gasteiger partial charge on any atom is 0.332 e. The van der Waals surface area contributed by atoms with Crippen LogP contribution in [0, 0.1) is 10.1 Å². The molecule has 0 bridgehead atoms. The standard InChI is InChI=1S/C16H11ClFNO4S/c17-14-8-9-16(24(18,22)23)13(11-14)6-2-1-4-12-5-3-7-15(10-12)19(20)21/h1-11H/b4-1+,6-2+. The number of halogens is 2. The first-order valence-corrected chi connectivity index (χ1v) is 8.37. The van der Waals surface area contributed by atoms with Gasteiger partial charge in [-0.15, -0.1) is 3.89 Å². The van der Waals surface area contributed by atoms with Gasteiger partial charge in [-0.05, 0) is 29.3 Å². The summed E-state index contributed by atoms with van der Waals surface area (Å²) in [7, 11) is -4.86. The SMILES string of the molecule is O=[N+]([O-])c1cccc(/C=C/C=C/c2cc(Cl)ccc2S(=O)(=O)F)c1. The van der Waals surface area contributed by atoms with Crippen molar-refractivity contribution in [2.45, 2.75) is 4.90 Å². The van der Waals surface area contributed by atoms with Crippen LogP contribution in [-0.2, 0) is 10.2 Å². The number of nitrogens with zero attached hydrogens (tertiary/aromatic N) is 1. The third kappa shape index (κ3) is 4.74. The molecule has 0 atom stereocenters. The molecule has 0 fully saturated rings. The summed E-state index contributed by atoms with van der Waals surface area (Å²) in [6.07, 6.45) is 6.01. The molecule has 0 spiro atoms. The predicted octanol–water partition coefficient (Wildman–Crippen LogP) is 4.63. The molecule has 0 aliphatic heterocycles. The minimum Gasteiger partial charge on any atom is -0.258 e. The lowest BCUT2D eigenvalue weighted by atomic mass is 10.1. The lowest BCUT2D eigenvalue weighted by Crippen LogP contribution is -1.95. The van der Waals surface area contributed by atoms with Gasteiger partial charge in [-0.3, -0.25) is 10.1 Å². The van der Waals surface area contributed by atoms with Crippen molar-refractivity contribution in [2.75, 3.05) is 0 Å². The highest BCUT2D eigenvalue weighted by Gasteiger charge is 2.15. The van der Waals surface area contributed by atoms with E-state index in [1.807, 2.05) is 0 Å². The molecule has 0 heterocycles. The average molecular weight is 368 g/mol. The summed E-state index contributed by atoms with van der Waals surface area (Å²) in [5.41, 5.74) is 0.661. The fourth-order valence-corrected chi connectivity index (χ4v) is 2.76. The molecular weight excluding hydrogens is 357 g/mol. The van der Waals surface area contributed by atoms with Crippen molar-refractivity contribution in [3.05, 3.63) is 80.9 Å². The van der Waals surface area contributed by atoms with E-state index in [-0.39, 0.29) is 16.3 Å². The van der Waals surface area contributed by atoms with E-state index in [1.54, 1.807) is 24.3 Å². The lowest BCUT2D eigenvalue weighted by molar-refractivity contribution is -0.384. The van der Waals surface area contributed by atoms with Gasteiger partial charge >= 0.3 is 10.2 Å². The number of hydrogen-bond acceptors (Lipinski definition) is 4. The van der Waals surface area contributed by atoms with Gasteiger partial charge in [0, 0.05) is 17.2 Å². The normalized spacial score (nSPS) is 12.1. The second kappa shape index (κ2) is 7.37. The zero-order chi connectivity index (χ0) is 17.7. The van der Waals surface area contributed by atoms with Crippen molar-refractivity contribution < 1.29 is 17.2 Å². The number of benzene rings is 2. The van der Waals surface area contributed by atoms with Crippen molar-refractivity contribution in [1.29, 1.82) is 0 Å². The molecule has 2 aromatic rings. The molecule has 0 saturated carbocycles. The Bertz CT molecular complexity index is 939. The monoisotopic (exact) mass is 367 g/mol. The summed E-state index contributed by atoms with van der Waals surface area (Å²) in [6.45, 7) is 0. The number of non-ortho nitro benzene ring substituents is 1. The van der Waals surface area contributed by atoms with Crippen molar-refractivity contribution in [2.24, 2.45) is 0 Å². The van der Waals surface area contributed by atoms with Gasteiger partial charge in [0.05, 0.1) is 4.92 Å². The van der Waals surface area contributed by atoms with E-state index in [0.29, 0.717) is 5.56 Å². The first kappa shape index (κ1) is 17.8. The van der Waals surface area contributed by atoms with Crippen LogP contribution in [0.25, 0.3) is 12.2 Å². The minimum absolute atomic E-state index is 0.0400. The van der Waals surface area contributed by atoms with Gasteiger partial charge in [0.2, 0.25) is 0 Å². The number of allylic oxidation sites excluding steroid dienone is 2. The summed E-state index contributed by atoms with van der Waals surface area (Å²) in [4.78, 5) is 9.71. The number of hydrogen-bond donors (Lipinski definition) is 0. The van der Waals surface area contributed by atoms with Crippen molar-refractivity contribution in [3.8, 4) is 0 Å². The van der Waals surface area contributed by atoms with Crippen LogP contribution in [0.2, 0.25) is 5.02 Å². The van der Waals surface area contributed by atoms with Crippen molar-refractivity contribution in [3.63, 3.8) is 0 Å². The Hall–Kier alpha value is -2.51. The Morgan fingerprint density at radius 2 is 1.79 bits per heavy atom. The quantitative estimate of drug-likeness (QED) is 0.334. The van der Waals surface area contributed by atoms with Gasteiger partial charge in [0.25, 0.3) is 5.69 Å². The van der Waals surface area contributed by atoms with Crippen LogP contribution in [0.1, 0.15) is 11.1 Å². The van der Waals surface area contributed by atoms with Crippen molar-refractivity contribution in [1.82, 2.24) is 0 Å². The van der Waals surface area contributed by atoms with E-state index in [1.165, 1.54) is 36.4 Å². The summed E-state index contributed by atoms with van der Waals surface area (Å²) in [6, 6.07) is 9.68. The summed E-state index contributed by atoms with van der Waals surface area (Å²) in [5.74, 6) is 0. The molecule has 0 unspecified atom stereocenters. The minimum atomic E-state index is -4.86. The zero-order valence-corrected chi connectivity index (χ0v) is 13.7. The van der Waals surface area contributed by atoms with E-state index >= 15 is 0 Å². The topological polar surface area (TPSA) is 77.3 Å². The van der Waals surface area contributed by atoms with E-state index in [9.17, 15) is 22.4 Å². The molecule has 2 aromatic carbocycles. The van der Waals surface area contributed by atoms with Crippen LogP contribution < -0.4 is 0 Å². The Kier molecular flexibility index (Phi) is 5.48. The van der Waals surface area contributed by atoms with Crippen LogP contribution in [-0.4, -0.2) is 13.3 Å². The maximum atomic E-state index is 13.2. The fraction of sp³-hybridized carbons (Fsp3) is 0. The lowest BCUT2D eigenvalue weighted by Gasteiger charge is -2.01. The summed E-state index contributed by atoms with van der Waals surface area (Å²) >= 11 is 5.79. The van der Waals surface area contributed by atoms with E-state index in [2.05, 4.69) is 0 Å². The maximum absolute atomic E-state index is 13.2. The molecule has 5 nitrogen and oxygen atoms in total. The van der Waals surface area contributed by atoms with Crippen LogP contribution >= 0.6 is 11.6 Å². The van der Waals surface area contributed by atoms with E-state index in [4.69, 9.17) is 11.6 Å². The molecule has 0 radical (unpaired) electrons. The third-order valence-electron chi connectivity index (χ3n) is 2.99. The molecule has 0 aromatic heterocycles. The zero-order valence-electron chi connectivity index (χ0n) is 12.1. The summed E-state index contributed by atoms with van der Waals surface area (Å²) < 4.78 is 35.4. The average Bonchev–Trinajstić information content (AvgIpc) is 2.50. The first-order valence-electron chi connectivity index (χ1n) is 6.61. The molecule has 0 N–H and O–H groups in total. The largest absolute Gasteiger partial charge is 0.332 e. The second-order valence-electron chi connectivity index (χ2n) is 4.69. The Balaban J connectivity index is 2.25. The Morgan fingerprint density at radius 3 is 2.46 bits per heavy atom. The molecule has 8 heteroatoms. The van der Waals surface area contributed by atoms with Crippen LogP contribution in [0.5, 0.6) is 0 Å². The molecule has 0 amide bonds. The molecule has 0 aliphatic carbocycles. The molecule has 24 heavy (non-hydrogen) atoms. The van der Waals surface area contributed by atoms with Crippen LogP contribution in [0.3, 0.4) is 0 Å². The third-order valence-corrected chi connectivity index (χ3v) is 4.12. The fourth-order valence-electron chi connectivity index (χ4n) is 1.94. The first-order chi connectivity index (χ1) is 11.3. The van der Waals surface area contributed by atoms with Gasteiger partial charge in [-0.25, -0.2) is 0 Å². The molecule has 2 rings (SSSR count). The molecular formula is C16H11ClFNO4S. The van der Waals surface area contributed by atoms with E-state index < -0.39 is 20.0 Å². The molecule has 124 valence electrons. The van der Waals surface area contributed by atoms with Gasteiger partial charge in [0.15, 0.2) is 0 Å². The Morgan fingerprint density at radius 1 is 1.08 bits per heavy atom. The van der Waals surface area contributed by atoms with Gasteiger partial charge in [-0.2, -0.15) is 8.42 Å². The highest BCUT2D eigenvalue weighted by molar-refractivity contribution is 7.86. The predicted molar refractivity (Wildman–Crippen MR) is 90.9 cm³/mol. The second-order valence-corrected chi connectivity index (χ2v) is 6.44. The van der Waals surface area contributed by atoms with E-state index in [0.717, 1.165) is 6.07 Å². The molecule has 0 aliphatic rings. The van der Waals surface area contributed by atoms with Gasteiger partial charge in [0.1, 0.15) is 4.90 Å². The van der Waals surface area contributed by atoms with Gasteiger partial charge in [-0.1, -0.05) is 48.0 Å². The molecule has 0 saturated heterocycles. The van der Waals surface area contributed by atoms with Gasteiger partial charge < -0.3 is 0 Å². The number of nitro benzene ring substituents is 1. The summed E-state index contributed by atoms with van der Waals surface area (Å²) in [5, 5.41) is 11.0. The van der Waals surface area contributed by atoms with Crippen molar-refractivity contribution >= 4 is 39.7 Å². The highest BCUT2D eigenvalue weighted by atomic mass is 35.5. The Labute approximate surface area is 143 Å². The smallest absolute Gasteiger partial charge is 0.258 e. The van der Waals surface area contributed by atoms with Crippen LogP contribution in [0.4, 0.5) is 9.57 Å².